The number of nitrogens with one attached hydrogen (secondary N) is 1. The molecule has 0 amide bonds. The maximum atomic E-state index is 4.31. The minimum atomic E-state index is 0.525. The molecule has 1 N–H and O–H groups in total. The van der Waals surface area contributed by atoms with Crippen LogP contribution in [-0.2, 0) is 7.05 Å². The Morgan fingerprint density at radius 3 is 2.94 bits per heavy atom. The molecule has 4 nitrogen and oxygen atoms in total. The summed E-state index contributed by atoms with van der Waals surface area (Å²) in [6.45, 7) is 5.54. The molecule has 96 valence electrons. The summed E-state index contributed by atoms with van der Waals surface area (Å²) in [4.78, 5) is 2.47. The molecule has 17 heavy (non-hydrogen) atoms. The van der Waals surface area contributed by atoms with Gasteiger partial charge in [0.05, 0.1) is 6.20 Å². The maximum Gasteiger partial charge on any atom is 0.0537 e. The third kappa shape index (κ3) is 2.87. The monoisotopic (exact) mass is 236 g/mol. The molecule has 1 aliphatic heterocycles. The van der Waals surface area contributed by atoms with E-state index in [0.717, 1.165) is 13.1 Å². The number of aryl methyl sites for hydroxylation is 1. The summed E-state index contributed by atoms with van der Waals surface area (Å²) in [6.07, 6.45) is 6.80. The van der Waals surface area contributed by atoms with Gasteiger partial charge < -0.3 is 5.32 Å². The first-order valence-electron chi connectivity index (χ1n) is 6.62. The third-order valence-corrected chi connectivity index (χ3v) is 3.73. The largest absolute Gasteiger partial charge is 0.317 e. The number of piperidine rings is 1. The molecule has 0 bridgehead atoms. The quantitative estimate of drug-likeness (QED) is 0.858. The molecule has 0 saturated carbocycles. The minimum Gasteiger partial charge on any atom is -0.317 e. The van der Waals surface area contributed by atoms with Crippen molar-refractivity contribution in [3.63, 3.8) is 0 Å². The number of hydrogen-bond donors (Lipinski definition) is 1. The predicted molar refractivity (Wildman–Crippen MR) is 69.8 cm³/mol. The Balaban J connectivity index is 2.12. The van der Waals surface area contributed by atoms with Crippen LogP contribution in [0.15, 0.2) is 12.4 Å². The molecule has 1 aromatic rings. The molecule has 2 heterocycles. The van der Waals surface area contributed by atoms with Gasteiger partial charge in [-0.2, -0.15) is 5.10 Å². The molecule has 2 atom stereocenters. The highest BCUT2D eigenvalue weighted by Crippen LogP contribution is 2.34. The van der Waals surface area contributed by atoms with Crippen molar-refractivity contribution >= 4 is 0 Å². The summed E-state index contributed by atoms with van der Waals surface area (Å²) >= 11 is 0. The summed E-state index contributed by atoms with van der Waals surface area (Å²) < 4.78 is 1.90. The van der Waals surface area contributed by atoms with Gasteiger partial charge in [-0.15, -0.1) is 0 Å². The van der Waals surface area contributed by atoms with E-state index in [1.807, 2.05) is 17.9 Å². The van der Waals surface area contributed by atoms with Gasteiger partial charge in [-0.25, -0.2) is 0 Å². The van der Waals surface area contributed by atoms with Crippen LogP contribution in [0.3, 0.4) is 0 Å². The van der Waals surface area contributed by atoms with Crippen molar-refractivity contribution in [2.45, 2.75) is 25.8 Å². The lowest BCUT2D eigenvalue weighted by molar-refractivity contribution is 0.120. The van der Waals surface area contributed by atoms with Gasteiger partial charge >= 0.3 is 0 Å². The summed E-state index contributed by atoms with van der Waals surface area (Å²) in [5.74, 6) is 0.706. The van der Waals surface area contributed by atoms with Crippen LogP contribution in [0.5, 0.6) is 0 Å². The van der Waals surface area contributed by atoms with E-state index in [9.17, 15) is 0 Å². The van der Waals surface area contributed by atoms with Crippen LogP contribution >= 0.6 is 0 Å². The van der Waals surface area contributed by atoms with Crippen molar-refractivity contribution in [1.29, 1.82) is 0 Å². The Kier molecular flexibility index (Phi) is 4.18. The Labute approximate surface area is 104 Å². The van der Waals surface area contributed by atoms with Crippen LogP contribution in [0.4, 0.5) is 0 Å². The lowest BCUT2D eigenvalue weighted by Gasteiger charge is -2.39. The van der Waals surface area contributed by atoms with E-state index in [1.54, 1.807) is 0 Å². The van der Waals surface area contributed by atoms with Gasteiger partial charge in [0.2, 0.25) is 0 Å². The van der Waals surface area contributed by atoms with Gasteiger partial charge in [-0.05, 0) is 45.4 Å². The van der Waals surface area contributed by atoms with Crippen molar-refractivity contribution in [3.8, 4) is 0 Å². The fraction of sp³-hybridized carbons (Fsp3) is 0.769. The SMILES string of the molecule is CCNCC1CCCN(C)C1c1cnn(C)c1. The summed E-state index contributed by atoms with van der Waals surface area (Å²) in [7, 11) is 4.22. The first kappa shape index (κ1) is 12.6. The number of aromatic nitrogens is 2. The number of rotatable bonds is 4. The highest BCUT2D eigenvalue weighted by Gasteiger charge is 2.30. The number of nitrogens with zero attached hydrogens (tertiary/aromatic N) is 3. The fourth-order valence-corrected chi connectivity index (χ4v) is 2.92. The zero-order valence-electron chi connectivity index (χ0n) is 11.2. The lowest BCUT2D eigenvalue weighted by Crippen LogP contribution is -2.40. The standard InChI is InChI=1S/C13H24N4/c1-4-14-8-11-6-5-7-16(2)13(11)12-9-15-17(3)10-12/h9-11,13-14H,4-8H2,1-3H3. The second-order valence-electron chi connectivity index (χ2n) is 5.08. The molecule has 0 aromatic carbocycles. The van der Waals surface area contributed by atoms with E-state index in [-0.39, 0.29) is 0 Å². The molecule has 1 aliphatic rings. The van der Waals surface area contributed by atoms with E-state index in [1.165, 1.54) is 24.9 Å². The van der Waals surface area contributed by atoms with Gasteiger partial charge in [-0.1, -0.05) is 6.92 Å². The molecule has 4 heteroatoms. The van der Waals surface area contributed by atoms with Gasteiger partial charge in [0.1, 0.15) is 0 Å². The van der Waals surface area contributed by atoms with Crippen LogP contribution in [0.25, 0.3) is 0 Å². The Hall–Kier alpha value is -0.870. The molecule has 1 aromatic heterocycles. The van der Waals surface area contributed by atoms with Crippen molar-refractivity contribution in [3.05, 3.63) is 18.0 Å². The molecule has 2 unspecified atom stereocenters. The van der Waals surface area contributed by atoms with Crippen molar-refractivity contribution in [1.82, 2.24) is 20.0 Å². The molecular formula is C13H24N4. The average molecular weight is 236 g/mol. The van der Waals surface area contributed by atoms with Crippen LogP contribution in [0.1, 0.15) is 31.4 Å². The zero-order valence-corrected chi connectivity index (χ0v) is 11.2. The summed E-state index contributed by atoms with van der Waals surface area (Å²) in [5.41, 5.74) is 1.36. The topological polar surface area (TPSA) is 33.1 Å². The highest BCUT2D eigenvalue weighted by atomic mass is 15.2. The zero-order chi connectivity index (χ0) is 12.3. The molecular weight excluding hydrogens is 212 g/mol. The first-order chi connectivity index (χ1) is 8.22. The Morgan fingerprint density at radius 2 is 2.29 bits per heavy atom. The van der Waals surface area contributed by atoms with Crippen molar-refractivity contribution in [2.24, 2.45) is 13.0 Å². The van der Waals surface area contributed by atoms with Crippen LogP contribution in [0.2, 0.25) is 0 Å². The smallest absolute Gasteiger partial charge is 0.0537 e. The van der Waals surface area contributed by atoms with E-state index < -0.39 is 0 Å². The highest BCUT2D eigenvalue weighted by molar-refractivity contribution is 5.13. The molecule has 0 radical (unpaired) electrons. The van der Waals surface area contributed by atoms with E-state index >= 15 is 0 Å². The molecule has 0 aliphatic carbocycles. The first-order valence-corrected chi connectivity index (χ1v) is 6.62. The Bertz CT molecular complexity index is 347. The van der Waals surface area contributed by atoms with Crippen LogP contribution in [-0.4, -0.2) is 41.4 Å². The van der Waals surface area contributed by atoms with E-state index in [0.29, 0.717) is 12.0 Å². The van der Waals surface area contributed by atoms with Crippen LogP contribution < -0.4 is 5.32 Å². The van der Waals surface area contributed by atoms with Gasteiger partial charge in [0.15, 0.2) is 0 Å². The second-order valence-corrected chi connectivity index (χ2v) is 5.08. The molecule has 2 rings (SSSR count). The van der Waals surface area contributed by atoms with Crippen LogP contribution in [0, 0.1) is 5.92 Å². The van der Waals surface area contributed by atoms with Gasteiger partial charge in [0.25, 0.3) is 0 Å². The lowest BCUT2D eigenvalue weighted by atomic mass is 9.86. The summed E-state index contributed by atoms with van der Waals surface area (Å²) in [6, 6.07) is 0.525. The molecule has 0 spiro atoms. The minimum absolute atomic E-state index is 0.525. The van der Waals surface area contributed by atoms with Crippen molar-refractivity contribution in [2.75, 3.05) is 26.7 Å². The fourth-order valence-electron chi connectivity index (χ4n) is 2.92. The van der Waals surface area contributed by atoms with Gasteiger partial charge in [-0.3, -0.25) is 9.58 Å². The van der Waals surface area contributed by atoms with E-state index in [4.69, 9.17) is 0 Å². The predicted octanol–water partition coefficient (Wildman–Crippen LogP) is 1.41. The number of likely N-dealkylation sites (tertiary alicyclic amines) is 1. The summed E-state index contributed by atoms with van der Waals surface area (Å²) in [5, 5.41) is 7.80. The van der Waals surface area contributed by atoms with Crippen molar-refractivity contribution < 1.29 is 0 Å². The molecule has 1 fully saturated rings. The third-order valence-electron chi connectivity index (χ3n) is 3.73. The second kappa shape index (κ2) is 5.65. The molecule has 1 saturated heterocycles. The average Bonchev–Trinajstić information content (AvgIpc) is 2.73. The van der Waals surface area contributed by atoms with Gasteiger partial charge in [0, 0.05) is 24.8 Å². The maximum absolute atomic E-state index is 4.31. The van der Waals surface area contributed by atoms with E-state index in [2.05, 4.69) is 35.5 Å². The Morgan fingerprint density at radius 1 is 1.47 bits per heavy atom. The normalized spacial score (nSPS) is 26.3. The number of hydrogen-bond acceptors (Lipinski definition) is 3.